The number of nitrogens with zero attached hydrogens (tertiary/aromatic N) is 1. The molecule has 0 saturated heterocycles. The molecular formula is C16H25ClN2. The number of aromatic nitrogens is 1. The Morgan fingerprint density at radius 3 is 2.68 bits per heavy atom. The molecule has 106 valence electrons. The predicted octanol–water partition coefficient (Wildman–Crippen LogP) is 4.92. The monoisotopic (exact) mass is 280 g/mol. The van der Waals surface area contributed by atoms with E-state index in [1.807, 2.05) is 13.0 Å². The van der Waals surface area contributed by atoms with Gasteiger partial charge in [0, 0.05) is 6.04 Å². The van der Waals surface area contributed by atoms with Crippen molar-refractivity contribution in [1.82, 2.24) is 4.98 Å². The maximum absolute atomic E-state index is 5.92. The van der Waals surface area contributed by atoms with Crippen molar-refractivity contribution in [2.45, 2.75) is 53.0 Å². The molecule has 0 radical (unpaired) electrons. The van der Waals surface area contributed by atoms with Crippen LogP contribution in [-0.4, -0.2) is 11.0 Å². The van der Waals surface area contributed by atoms with Crippen molar-refractivity contribution in [1.29, 1.82) is 0 Å². The zero-order valence-electron chi connectivity index (χ0n) is 12.4. The molecule has 1 saturated carbocycles. The van der Waals surface area contributed by atoms with Gasteiger partial charge in [0.1, 0.15) is 5.15 Å². The molecule has 2 nitrogen and oxygen atoms in total. The largest absolute Gasteiger partial charge is 0.381 e. The molecule has 0 spiro atoms. The topological polar surface area (TPSA) is 24.9 Å². The Hall–Kier alpha value is -0.760. The van der Waals surface area contributed by atoms with Crippen LogP contribution in [0.1, 0.15) is 45.7 Å². The fourth-order valence-corrected chi connectivity index (χ4v) is 3.44. The van der Waals surface area contributed by atoms with Crippen LogP contribution in [0.3, 0.4) is 0 Å². The first-order chi connectivity index (χ1) is 8.97. The van der Waals surface area contributed by atoms with E-state index in [2.05, 4.69) is 37.1 Å². The van der Waals surface area contributed by atoms with Crippen LogP contribution in [0.4, 0.5) is 5.69 Å². The van der Waals surface area contributed by atoms with E-state index < -0.39 is 0 Å². The molecule has 0 aromatic carbocycles. The minimum atomic E-state index is 0.561. The highest BCUT2D eigenvalue weighted by molar-refractivity contribution is 6.29. The van der Waals surface area contributed by atoms with Gasteiger partial charge >= 0.3 is 0 Å². The zero-order chi connectivity index (χ0) is 14.0. The molecule has 1 aromatic heterocycles. The van der Waals surface area contributed by atoms with Crippen LogP contribution in [0, 0.1) is 24.7 Å². The van der Waals surface area contributed by atoms with E-state index in [1.54, 1.807) is 0 Å². The lowest BCUT2D eigenvalue weighted by Crippen LogP contribution is -2.38. The van der Waals surface area contributed by atoms with Gasteiger partial charge in [-0.05, 0) is 49.7 Å². The molecule has 3 atom stereocenters. The zero-order valence-corrected chi connectivity index (χ0v) is 13.2. The second-order valence-electron chi connectivity index (χ2n) is 6.34. The number of aryl methyl sites for hydroxylation is 1. The second kappa shape index (κ2) is 6.13. The summed E-state index contributed by atoms with van der Waals surface area (Å²) in [7, 11) is 0. The minimum Gasteiger partial charge on any atom is -0.381 e. The van der Waals surface area contributed by atoms with E-state index in [-0.39, 0.29) is 0 Å². The number of nitrogens with one attached hydrogen (secondary N) is 1. The molecule has 1 aliphatic rings. The van der Waals surface area contributed by atoms with Crippen molar-refractivity contribution >= 4 is 17.3 Å². The Labute approximate surface area is 122 Å². The van der Waals surface area contributed by atoms with E-state index in [0.717, 1.165) is 29.1 Å². The molecule has 0 amide bonds. The van der Waals surface area contributed by atoms with Gasteiger partial charge in [-0.1, -0.05) is 38.8 Å². The van der Waals surface area contributed by atoms with Crippen LogP contribution in [-0.2, 0) is 0 Å². The first-order valence-electron chi connectivity index (χ1n) is 7.37. The molecule has 2 rings (SSSR count). The second-order valence-corrected chi connectivity index (χ2v) is 6.73. The fraction of sp³-hybridized carbons (Fsp3) is 0.688. The van der Waals surface area contributed by atoms with Gasteiger partial charge in [-0.2, -0.15) is 0 Å². The van der Waals surface area contributed by atoms with Gasteiger partial charge in [0.2, 0.25) is 0 Å². The summed E-state index contributed by atoms with van der Waals surface area (Å²) in [6, 6.07) is 4.49. The lowest BCUT2D eigenvalue weighted by atomic mass is 9.74. The average molecular weight is 281 g/mol. The SMILES string of the molecule is Cc1nc(Cl)ccc1NC1CC(C)CCC1C(C)C. The van der Waals surface area contributed by atoms with Gasteiger partial charge in [0.15, 0.2) is 0 Å². The summed E-state index contributed by atoms with van der Waals surface area (Å²) in [5.74, 6) is 2.30. The molecule has 1 heterocycles. The number of hydrogen-bond acceptors (Lipinski definition) is 2. The smallest absolute Gasteiger partial charge is 0.129 e. The Bertz CT molecular complexity index is 431. The summed E-state index contributed by atoms with van der Waals surface area (Å²) < 4.78 is 0. The molecule has 3 unspecified atom stereocenters. The first kappa shape index (κ1) is 14.6. The summed E-state index contributed by atoms with van der Waals surface area (Å²) in [4.78, 5) is 4.33. The third kappa shape index (κ3) is 3.62. The van der Waals surface area contributed by atoms with Crippen LogP contribution >= 0.6 is 11.6 Å². The molecule has 19 heavy (non-hydrogen) atoms. The summed E-state index contributed by atoms with van der Waals surface area (Å²) in [5, 5.41) is 4.29. The number of halogens is 1. The maximum Gasteiger partial charge on any atom is 0.129 e. The predicted molar refractivity (Wildman–Crippen MR) is 82.7 cm³/mol. The van der Waals surface area contributed by atoms with Crippen LogP contribution in [0.2, 0.25) is 5.15 Å². The van der Waals surface area contributed by atoms with Crippen LogP contribution in [0.15, 0.2) is 12.1 Å². The van der Waals surface area contributed by atoms with Crippen molar-refractivity contribution in [2.24, 2.45) is 17.8 Å². The summed E-state index contributed by atoms with van der Waals surface area (Å²) in [5.41, 5.74) is 2.13. The van der Waals surface area contributed by atoms with Gasteiger partial charge in [-0.25, -0.2) is 4.98 Å². The third-order valence-electron chi connectivity index (χ3n) is 4.41. The van der Waals surface area contributed by atoms with Crippen molar-refractivity contribution in [3.8, 4) is 0 Å². The Kier molecular flexibility index (Phi) is 4.72. The normalized spacial score (nSPS) is 27.6. The van der Waals surface area contributed by atoms with Gasteiger partial charge in [-0.3, -0.25) is 0 Å². The Morgan fingerprint density at radius 1 is 1.32 bits per heavy atom. The lowest BCUT2D eigenvalue weighted by Gasteiger charge is -2.38. The van der Waals surface area contributed by atoms with Crippen LogP contribution in [0.25, 0.3) is 0 Å². The molecule has 0 bridgehead atoms. The summed E-state index contributed by atoms with van der Waals surface area (Å²) >= 11 is 5.92. The molecule has 1 aromatic rings. The highest BCUT2D eigenvalue weighted by Gasteiger charge is 2.30. The maximum atomic E-state index is 5.92. The lowest BCUT2D eigenvalue weighted by molar-refractivity contribution is 0.212. The van der Waals surface area contributed by atoms with Crippen molar-refractivity contribution in [3.63, 3.8) is 0 Å². The highest BCUT2D eigenvalue weighted by Crippen LogP contribution is 2.35. The first-order valence-corrected chi connectivity index (χ1v) is 7.75. The van der Waals surface area contributed by atoms with E-state index in [9.17, 15) is 0 Å². The number of hydrogen-bond donors (Lipinski definition) is 1. The van der Waals surface area contributed by atoms with Gasteiger partial charge in [0.25, 0.3) is 0 Å². The molecule has 0 aliphatic heterocycles. The van der Waals surface area contributed by atoms with E-state index in [4.69, 9.17) is 11.6 Å². The summed E-state index contributed by atoms with van der Waals surface area (Å²) in [6.45, 7) is 9.05. The molecule has 1 N–H and O–H groups in total. The molecule has 3 heteroatoms. The number of rotatable bonds is 3. The van der Waals surface area contributed by atoms with E-state index in [1.165, 1.54) is 19.3 Å². The highest BCUT2D eigenvalue weighted by atomic mass is 35.5. The van der Waals surface area contributed by atoms with E-state index >= 15 is 0 Å². The third-order valence-corrected chi connectivity index (χ3v) is 4.63. The van der Waals surface area contributed by atoms with Crippen LogP contribution in [0.5, 0.6) is 0 Å². The van der Waals surface area contributed by atoms with Gasteiger partial charge < -0.3 is 5.32 Å². The van der Waals surface area contributed by atoms with Gasteiger partial charge in [0.05, 0.1) is 11.4 Å². The van der Waals surface area contributed by atoms with Crippen molar-refractivity contribution < 1.29 is 0 Å². The Morgan fingerprint density at radius 2 is 2.05 bits per heavy atom. The molecule has 1 aliphatic carbocycles. The minimum absolute atomic E-state index is 0.561. The molecule has 1 fully saturated rings. The van der Waals surface area contributed by atoms with Crippen molar-refractivity contribution in [3.05, 3.63) is 23.0 Å². The van der Waals surface area contributed by atoms with Crippen molar-refractivity contribution in [2.75, 3.05) is 5.32 Å². The quantitative estimate of drug-likeness (QED) is 0.795. The average Bonchev–Trinajstić information content (AvgIpc) is 2.32. The van der Waals surface area contributed by atoms with E-state index in [0.29, 0.717) is 11.2 Å². The number of pyridine rings is 1. The number of anilines is 1. The van der Waals surface area contributed by atoms with Crippen LogP contribution < -0.4 is 5.32 Å². The standard InChI is InChI=1S/C16H25ClN2/c1-10(2)13-6-5-11(3)9-15(13)19-14-7-8-16(17)18-12(14)4/h7-8,10-11,13,15,19H,5-6,9H2,1-4H3. The molecular weight excluding hydrogens is 256 g/mol. The fourth-order valence-electron chi connectivity index (χ4n) is 3.25. The summed E-state index contributed by atoms with van der Waals surface area (Å²) in [6.07, 6.45) is 3.94. The Balaban J connectivity index is 2.14. The van der Waals surface area contributed by atoms with Gasteiger partial charge in [-0.15, -0.1) is 0 Å².